The number of likely N-dealkylation sites (tertiary alicyclic amines) is 1. The number of halogens is 1. The zero-order valence-corrected chi connectivity index (χ0v) is 28.1. The molecule has 0 saturated carbocycles. The average molecular weight is 657 g/mol. The number of fused-ring (bicyclic) bond motifs is 2. The van der Waals surface area contributed by atoms with Crippen molar-refractivity contribution in [1.82, 2.24) is 15.1 Å². The summed E-state index contributed by atoms with van der Waals surface area (Å²) in [7, 11) is -3.27. The molecule has 244 valence electrons. The maximum absolute atomic E-state index is 13.8. The number of amides is 3. The summed E-state index contributed by atoms with van der Waals surface area (Å²) >= 11 is 6.48. The zero-order valence-electron chi connectivity index (χ0n) is 26.5. The van der Waals surface area contributed by atoms with E-state index in [1.807, 2.05) is 34.9 Å². The van der Waals surface area contributed by atoms with E-state index < -0.39 is 9.84 Å². The Balaban J connectivity index is 1.15. The number of hydrogen-bond donors (Lipinski definition) is 1. The Morgan fingerprint density at radius 3 is 2.20 bits per heavy atom. The molecule has 2 aromatic rings. The van der Waals surface area contributed by atoms with Gasteiger partial charge in [-0.15, -0.1) is 0 Å². The summed E-state index contributed by atoms with van der Waals surface area (Å²) in [6, 6.07) is 13.3. The van der Waals surface area contributed by atoms with Crippen molar-refractivity contribution in [2.75, 3.05) is 37.3 Å². The van der Waals surface area contributed by atoms with Crippen LogP contribution in [0, 0.1) is 12.8 Å². The van der Waals surface area contributed by atoms with Crippen LogP contribution in [0.2, 0.25) is 5.02 Å². The Morgan fingerprint density at radius 2 is 1.62 bits per heavy atom. The van der Waals surface area contributed by atoms with Crippen molar-refractivity contribution in [3.05, 3.63) is 58.6 Å². The van der Waals surface area contributed by atoms with E-state index in [0.29, 0.717) is 49.6 Å². The number of aryl methyl sites for hydroxylation is 1. The third-order valence-corrected chi connectivity index (χ3v) is 11.3. The van der Waals surface area contributed by atoms with Gasteiger partial charge in [-0.3, -0.25) is 19.3 Å². The van der Waals surface area contributed by atoms with Gasteiger partial charge in [-0.2, -0.15) is 0 Å². The lowest BCUT2D eigenvalue weighted by Crippen LogP contribution is -2.51. The molecule has 45 heavy (non-hydrogen) atoms. The number of piperidine rings is 2. The first-order chi connectivity index (χ1) is 21.4. The van der Waals surface area contributed by atoms with E-state index in [9.17, 15) is 22.8 Å². The number of hydrogen-bond acceptors (Lipinski definition) is 6. The monoisotopic (exact) mass is 656 g/mol. The molecule has 2 atom stereocenters. The summed E-state index contributed by atoms with van der Waals surface area (Å²) in [5, 5.41) is 3.87. The molecule has 2 aromatic carbocycles. The molecule has 1 N–H and O–H groups in total. The molecule has 0 radical (unpaired) electrons. The van der Waals surface area contributed by atoms with Crippen molar-refractivity contribution in [1.29, 1.82) is 0 Å². The van der Waals surface area contributed by atoms with Gasteiger partial charge in [0.2, 0.25) is 17.7 Å². The molecule has 0 aliphatic carbocycles. The molecule has 3 fully saturated rings. The third-order valence-electron chi connectivity index (χ3n) is 9.79. The molecule has 3 amide bonds. The Labute approximate surface area is 272 Å². The Hall–Kier alpha value is -2.95. The largest absolute Gasteiger partial charge is 0.353 e. The highest BCUT2D eigenvalue weighted by molar-refractivity contribution is 7.90. The van der Waals surface area contributed by atoms with Crippen molar-refractivity contribution < 1.29 is 22.8 Å². The van der Waals surface area contributed by atoms with Crippen molar-refractivity contribution >= 4 is 44.8 Å². The van der Waals surface area contributed by atoms with E-state index in [2.05, 4.69) is 10.2 Å². The molecule has 3 aliphatic rings. The molecular weight excluding hydrogens is 612 g/mol. The molecule has 2 unspecified atom stereocenters. The summed E-state index contributed by atoms with van der Waals surface area (Å²) in [4.78, 5) is 45.0. The summed E-state index contributed by atoms with van der Waals surface area (Å²) in [5.41, 5.74) is 2.58. The highest BCUT2D eigenvalue weighted by atomic mass is 35.5. The van der Waals surface area contributed by atoms with E-state index in [1.54, 1.807) is 31.2 Å². The van der Waals surface area contributed by atoms with Crippen LogP contribution in [0.25, 0.3) is 0 Å². The van der Waals surface area contributed by atoms with Crippen LogP contribution in [-0.2, 0) is 30.6 Å². The molecule has 9 nitrogen and oxygen atoms in total. The quantitative estimate of drug-likeness (QED) is 0.407. The number of carbonyl (C=O) groups excluding carboxylic acids is 3. The van der Waals surface area contributed by atoms with Crippen molar-refractivity contribution in [3.8, 4) is 0 Å². The molecular formula is C34H45ClN4O5S. The number of benzene rings is 2. The van der Waals surface area contributed by atoms with E-state index >= 15 is 0 Å². The maximum Gasteiger partial charge on any atom is 0.230 e. The van der Waals surface area contributed by atoms with Gasteiger partial charge in [0, 0.05) is 74.1 Å². The number of carbonyl (C=O) groups is 3. The number of nitrogens with one attached hydrogen (secondary N) is 1. The van der Waals surface area contributed by atoms with Gasteiger partial charge in [-0.05, 0) is 87.3 Å². The van der Waals surface area contributed by atoms with Crippen molar-refractivity contribution in [3.63, 3.8) is 0 Å². The second kappa shape index (κ2) is 14.2. The lowest BCUT2D eigenvalue weighted by atomic mass is 9.94. The highest BCUT2D eigenvalue weighted by Crippen LogP contribution is 2.36. The second-order valence-electron chi connectivity index (χ2n) is 13.0. The summed E-state index contributed by atoms with van der Waals surface area (Å²) < 4.78 is 23.4. The molecule has 2 bridgehead atoms. The normalized spacial score (nSPS) is 22.3. The Kier molecular flexibility index (Phi) is 10.6. The molecule has 11 heteroatoms. The zero-order chi connectivity index (χ0) is 32.3. The minimum Gasteiger partial charge on any atom is -0.353 e. The van der Waals surface area contributed by atoms with Crippen LogP contribution in [0.3, 0.4) is 0 Å². The number of sulfone groups is 1. The number of nitrogens with zero attached hydrogens (tertiary/aromatic N) is 3. The fourth-order valence-corrected chi connectivity index (χ4v) is 8.07. The maximum atomic E-state index is 13.8. The van der Waals surface area contributed by atoms with Gasteiger partial charge in [0.25, 0.3) is 0 Å². The standard InChI is InChI=1S/C34H45ClN4O5S/c1-23-5-8-30(22-32(23)35)39(34(42)26-13-17-37(18-14-26)24(2)40)16-4-15-38-28-9-10-29(38)21-27(20-28)36-33(41)19-25-6-11-31(12-7-25)45(3,43)44/h5-8,11-12,22,26-29H,4,9-10,13-21H2,1-3H3,(H,36,41). The minimum atomic E-state index is -3.27. The fourth-order valence-electron chi connectivity index (χ4n) is 7.27. The van der Waals surface area contributed by atoms with Crippen molar-refractivity contribution in [2.45, 2.75) is 88.2 Å². The molecule has 3 heterocycles. The summed E-state index contributed by atoms with van der Waals surface area (Å²) in [6.45, 7) is 6.23. The third kappa shape index (κ3) is 8.26. The molecule has 3 aliphatic heterocycles. The molecule has 0 aromatic heterocycles. The van der Waals surface area contributed by atoms with E-state index in [-0.39, 0.29) is 41.0 Å². The second-order valence-corrected chi connectivity index (χ2v) is 15.4. The lowest BCUT2D eigenvalue weighted by molar-refractivity contribution is -0.133. The SMILES string of the molecule is CC(=O)N1CCC(C(=O)N(CCCN2C3CCC2CC(NC(=O)Cc2ccc(S(C)(=O)=O)cc2)C3)c2ccc(C)c(Cl)c2)CC1. The van der Waals surface area contributed by atoms with Crippen LogP contribution in [0.15, 0.2) is 47.4 Å². The smallest absolute Gasteiger partial charge is 0.230 e. The summed E-state index contributed by atoms with van der Waals surface area (Å²) in [5.74, 6) is 0.00424. The Bertz CT molecular complexity index is 1490. The van der Waals surface area contributed by atoms with Gasteiger partial charge in [-0.25, -0.2) is 8.42 Å². The number of rotatable bonds is 10. The van der Waals surface area contributed by atoms with Crippen LogP contribution < -0.4 is 10.2 Å². The van der Waals surface area contributed by atoms with Gasteiger partial charge >= 0.3 is 0 Å². The van der Waals surface area contributed by atoms with Crippen LogP contribution >= 0.6 is 11.6 Å². The lowest BCUT2D eigenvalue weighted by Gasteiger charge is -2.40. The predicted octanol–water partition coefficient (Wildman–Crippen LogP) is 4.39. The topological polar surface area (TPSA) is 107 Å². The minimum absolute atomic E-state index is 0.0417. The van der Waals surface area contributed by atoms with E-state index in [0.717, 1.165) is 55.5 Å². The van der Waals surface area contributed by atoms with Gasteiger partial charge < -0.3 is 15.1 Å². The first-order valence-electron chi connectivity index (χ1n) is 16.1. The average Bonchev–Trinajstić information content (AvgIpc) is 3.23. The van der Waals surface area contributed by atoms with E-state index in [1.165, 1.54) is 6.26 Å². The highest BCUT2D eigenvalue weighted by Gasteiger charge is 2.41. The summed E-state index contributed by atoms with van der Waals surface area (Å²) in [6.07, 6.45) is 7.59. The predicted molar refractivity (Wildman–Crippen MR) is 176 cm³/mol. The Morgan fingerprint density at radius 1 is 0.978 bits per heavy atom. The van der Waals surface area contributed by atoms with Gasteiger partial charge in [0.05, 0.1) is 11.3 Å². The van der Waals surface area contributed by atoms with Crippen LogP contribution in [-0.4, -0.2) is 86.5 Å². The van der Waals surface area contributed by atoms with Gasteiger partial charge in [0.1, 0.15) is 0 Å². The molecule has 5 rings (SSSR count). The van der Waals surface area contributed by atoms with Crippen LogP contribution in [0.4, 0.5) is 5.69 Å². The first-order valence-corrected chi connectivity index (χ1v) is 18.3. The molecule has 0 spiro atoms. The van der Waals surface area contributed by atoms with Crippen molar-refractivity contribution in [2.24, 2.45) is 5.92 Å². The van der Waals surface area contributed by atoms with Crippen LogP contribution in [0.1, 0.15) is 63.0 Å². The first kappa shape index (κ1) is 33.4. The molecule has 3 saturated heterocycles. The van der Waals surface area contributed by atoms with E-state index in [4.69, 9.17) is 11.6 Å². The van der Waals surface area contributed by atoms with Crippen LogP contribution in [0.5, 0.6) is 0 Å². The fraction of sp³-hybridized carbons (Fsp3) is 0.559. The number of anilines is 1. The van der Waals surface area contributed by atoms with Gasteiger partial charge in [0.15, 0.2) is 9.84 Å². The van der Waals surface area contributed by atoms with Gasteiger partial charge in [-0.1, -0.05) is 29.8 Å².